The predicted molar refractivity (Wildman–Crippen MR) is 111 cm³/mol. The van der Waals surface area contributed by atoms with Crippen LogP contribution in [0.25, 0.3) is 22.2 Å². The molecule has 158 valence electrons. The summed E-state index contributed by atoms with van der Waals surface area (Å²) in [6.45, 7) is 0.147. The number of ether oxygens (including phenoxy) is 2. The van der Waals surface area contributed by atoms with Crippen LogP contribution in [0.2, 0.25) is 0 Å². The van der Waals surface area contributed by atoms with E-state index >= 15 is 0 Å². The number of aromatic nitrogens is 2. The maximum atomic E-state index is 13.2. The molecule has 0 unspecified atom stereocenters. The van der Waals surface area contributed by atoms with Crippen molar-refractivity contribution in [3.8, 4) is 33.7 Å². The third-order valence-electron chi connectivity index (χ3n) is 4.71. The molecule has 3 heterocycles. The summed E-state index contributed by atoms with van der Waals surface area (Å²) in [6.07, 6.45) is 0. The number of thiophene rings is 1. The van der Waals surface area contributed by atoms with Crippen LogP contribution in [-0.4, -0.2) is 32.4 Å². The lowest BCUT2D eigenvalue weighted by Crippen LogP contribution is -2.26. The summed E-state index contributed by atoms with van der Waals surface area (Å²) in [5.41, 5.74) is 0.966. The molecule has 1 aliphatic heterocycles. The largest absolute Gasteiger partial charge is 0.454 e. The summed E-state index contributed by atoms with van der Waals surface area (Å²) < 4.78 is 56.7. The fraction of sp³-hybridized carbons (Fsp3) is 0.100. The second-order valence-corrected chi connectivity index (χ2v) is 9.41. The van der Waals surface area contributed by atoms with Crippen LogP contribution in [0.15, 0.2) is 63.3 Å². The number of rotatable bonds is 5. The van der Waals surface area contributed by atoms with Crippen LogP contribution in [0.3, 0.4) is 0 Å². The van der Waals surface area contributed by atoms with Crippen molar-refractivity contribution in [3.05, 3.63) is 59.7 Å². The van der Waals surface area contributed by atoms with Gasteiger partial charge in [0.15, 0.2) is 11.5 Å². The molecule has 8 nitrogen and oxygen atoms in total. The predicted octanol–water partition coefficient (Wildman–Crippen LogP) is 4.16. The van der Waals surface area contributed by atoms with Crippen LogP contribution in [0, 0.1) is 5.82 Å². The first-order valence-corrected chi connectivity index (χ1v) is 11.3. The molecule has 1 aliphatic rings. The van der Waals surface area contributed by atoms with E-state index in [0.717, 1.165) is 4.31 Å². The van der Waals surface area contributed by atoms with E-state index < -0.39 is 15.8 Å². The molecule has 5 rings (SSSR count). The van der Waals surface area contributed by atoms with E-state index in [2.05, 4.69) is 10.1 Å². The van der Waals surface area contributed by atoms with Crippen molar-refractivity contribution in [2.75, 3.05) is 18.1 Å². The summed E-state index contributed by atoms with van der Waals surface area (Å²) in [5, 5.41) is 5.61. The van der Waals surface area contributed by atoms with E-state index in [4.69, 9.17) is 14.0 Å². The number of hydrogen-bond acceptors (Lipinski definition) is 8. The molecular weight excluding hydrogens is 445 g/mol. The summed E-state index contributed by atoms with van der Waals surface area (Å²) in [4.78, 5) is 4.70. The average molecular weight is 459 g/mol. The van der Waals surface area contributed by atoms with Crippen LogP contribution in [0.5, 0.6) is 11.5 Å². The Kier molecular flexibility index (Phi) is 4.63. The van der Waals surface area contributed by atoms with Gasteiger partial charge in [-0.15, -0.1) is 11.3 Å². The monoisotopic (exact) mass is 459 g/mol. The number of fused-ring (bicyclic) bond motifs is 1. The van der Waals surface area contributed by atoms with Crippen LogP contribution >= 0.6 is 11.3 Å². The van der Waals surface area contributed by atoms with Crippen molar-refractivity contribution in [2.24, 2.45) is 0 Å². The fourth-order valence-corrected chi connectivity index (χ4v) is 5.57. The number of hydrogen-bond donors (Lipinski definition) is 0. The van der Waals surface area contributed by atoms with Crippen molar-refractivity contribution in [1.29, 1.82) is 0 Å². The van der Waals surface area contributed by atoms with E-state index in [9.17, 15) is 12.8 Å². The lowest BCUT2D eigenvalue weighted by atomic mass is 10.2. The highest BCUT2D eigenvalue weighted by atomic mass is 32.2. The molecule has 0 amide bonds. The van der Waals surface area contributed by atoms with Crippen LogP contribution in [-0.2, 0) is 10.0 Å². The van der Waals surface area contributed by atoms with Gasteiger partial charge in [0.1, 0.15) is 15.6 Å². The normalized spacial score (nSPS) is 12.8. The molecule has 0 atom stereocenters. The summed E-state index contributed by atoms with van der Waals surface area (Å²) >= 11 is 1.17. The van der Waals surface area contributed by atoms with Gasteiger partial charge in [-0.1, -0.05) is 5.16 Å². The van der Waals surface area contributed by atoms with E-state index in [1.165, 1.54) is 48.7 Å². The molecule has 0 N–H and O–H groups in total. The Bertz CT molecular complexity index is 1370. The minimum absolute atomic E-state index is 0.0187. The number of halogens is 1. The van der Waals surface area contributed by atoms with E-state index in [1.807, 2.05) is 0 Å². The maximum absolute atomic E-state index is 13.2. The van der Waals surface area contributed by atoms with Gasteiger partial charge < -0.3 is 14.0 Å². The zero-order valence-electron chi connectivity index (χ0n) is 16.0. The SMILES string of the molecule is CN(c1ccc(F)cc1)S(=O)(=O)c1ccsc1-c1nc(-c2ccc3c(c2)OCO3)no1. The molecule has 0 fully saturated rings. The van der Waals surface area contributed by atoms with Gasteiger partial charge >= 0.3 is 0 Å². The molecule has 11 heteroatoms. The van der Waals surface area contributed by atoms with Gasteiger partial charge in [-0.3, -0.25) is 4.31 Å². The van der Waals surface area contributed by atoms with Crippen molar-refractivity contribution in [1.82, 2.24) is 10.1 Å². The molecule has 4 aromatic rings. The Hall–Kier alpha value is -3.44. The zero-order valence-corrected chi connectivity index (χ0v) is 17.6. The van der Waals surface area contributed by atoms with Gasteiger partial charge in [-0.05, 0) is 53.9 Å². The molecule has 0 aliphatic carbocycles. The standard InChI is InChI=1S/C20H14FN3O5S2/c1-24(14-5-3-13(21)4-6-14)31(25,26)17-8-9-30-18(17)20-22-19(23-29-20)12-2-7-15-16(10-12)28-11-27-15/h2-10H,11H2,1H3. The van der Waals surface area contributed by atoms with E-state index in [0.29, 0.717) is 27.6 Å². The Morgan fingerprint density at radius 2 is 1.84 bits per heavy atom. The molecule has 31 heavy (non-hydrogen) atoms. The Morgan fingerprint density at radius 3 is 2.65 bits per heavy atom. The lowest BCUT2D eigenvalue weighted by Gasteiger charge is -2.19. The first-order chi connectivity index (χ1) is 14.9. The van der Waals surface area contributed by atoms with Gasteiger partial charge in [-0.25, -0.2) is 12.8 Å². The number of benzene rings is 2. The molecule has 0 saturated heterocycles. The van der Waals surface area contributed by atoms with Crippen LogP contribution < -0.4 is 13.8 Å². The quantitative estimate of drug-likeness (QED) is 0.442. The van der Waals surface area contributed by atoms with Gasteiger partial charge in [-0.2, -0.15) is 4.98 Å². The third kappa shape index (κ3) is 3.41. The highest BCUT2D eigenvalue weighted by Crippen LogP contribution is 2.38. The number of sulfonamides is 1. The molecule has 2 aromatic carbocycles. The highest BCUT2D eigenvalue weighted by Gasteiger charge is 2.29. The smallest absolute Gasteiger partial charge is 0.269 e. The molecular formula is C20H14FN3O5S2. The van der Waals surface area contributed by atoms with Crippen molar-refractivity contribution >= 4 is 27.0 Å². The molecule has 0 saturated carbocycles. The minimum Gasteiger partial charge on any atom is -0.454 e. The Balaban J connectivity index is 1.49. The van der Waals surface area contributed by atoms with Gasteiger partial charge in [0.05, 0.1) is 5.69 Å². The van der Waals surface area contributed by atoms with Gasteiger partial charge in [0.25, 0.3) is 15.9 Å². The Morgan fingerprint density at radius 1 is 1.06 bits per heavy atom. The van der Waals surface area contributed by atoms with E-state index in [-0.39, 0.29) is 23.4 Å². The van der Waals surface area contributed by atoms with Gasteiger partial charge in [0, 0.05) is 12.6 Å². The van der Waals surface area contributed by atoms with E-state index in [1.54, 1.807) is 23.6 Å². The molecule has 0 radical (unpaired) electrons. The zero-order chi connectivity index (χ0) is 21.6. The summed E-state index contributed by atoms with van der Waals surface area (Å²) in [6, 6.07) is 11.9. The molecule has 0 bridgehead atoms. The first-order valence-electron chi connectivity index (χ1n) is 8.99. The highest BCUT2D eigenvalue weighted by molar-refractivity contribution is 7.93. The Labute approximate surface area is 180 Å². The summed E-state index contributed by atoms with van der Waals surface area (Å²) in [5.74, 6) is 1.12. The second kappa shape index (κ2) is 7.36. The molecule has 0 spiro atoms. The third-order valence-corrected chi connectivity index (χ3v) is 7.57. The average Bonchev–Trinajstić information content (AvgIpc) is 3.53. The second-order valence-electron chi connectivity index (χ2n) is 6.55. The minimum atomic E-state index is -3.95. The van der Waals surface area contributed by atoms with Crippen LogP contribution in [0.4, 0.5) is 10.1 Å². The van der Waals surface area contributed by atoms with Crippen LogP contribution in [0.1, 0.15) is 0 Å². The fourth-order valence-electron chi connectivity index (χ4n) is 3.06. The van der Waals surface area contributed by atoms with Crippen molar-refractivity contribution in [3.63, 3.8) is 0 Å². The van der Waals surface area contributed by atoms with Crippen molar-refractivity contribution in [2.45, 2.75) is 4.90 Å². The van der Waals surface area contributed by atoms with Crippen molar-refractivity contribution < 1.29 is 26.8 Å². The topological polar surface area (TPSA) is 94.8 Å². The number of nitrogens with zero attached hydrogens (tertiary/aromatic N) is 3. The van der Waals surface area contributed by atoms with Gasteiger partial charge in [0.2, 0.25) is 12.6 Å². The number of anilines is 1. The molecule has 2 aromatic heterocycles. The first kappa shape index (κ1) is 19.5. The maximum Gasteiger partial charge on any atom is 0.269 e. The summed E-state index contributed by atoms with van der Waals surface area (Å²) in [7, 11) is -2.55. The lowest BCUT2D eigenvalue weighted by molar-refractivity contribution is 0.174.